The minimum atomic E-state index is -1.22. The monoisotopic (exact) mass is 380 g/mol. The molecule has 1 heterocycles. The first-order valence-electron chi connectivity index (χ1n) is 8.87. The Labute approximate surface area is 158 Å². The molecule has 0 aliphatic carbocycles. The van der Waals surface area contributed by atoms with E-state index in [1.165, 1.54) is 6.92 Å². The van der Waals surface area contributed by atoms with E-state index in [1.54, 1.807) is 45.0 Å². The number of nitrogens with one attached hydrogen (secondary N) is 2. The highest BCUT2D eigenvalue weighted by Crippen LogP contribution is 2.25. The quantitative estimate of drug-likeness (QED) is 0.579. The van der Waals surface area contributed by atoms with Crippen LogP contribution in [0.25, 0.3) is 0 Å². The smallest absolute Gasteiger partial charge is 0.225 e. The van der Waals surface area contributed by atoms with Gasteiger partial charge >= 0.3 is 0 Å². The molecule has 0 radical (unpaired) electrons. The summed E-state index contributed by atoms with van der Waals surface area (Å²) in [6.45, 7) is 6.08. The van der Waals surface area contributed by atoms with Gasteiger partial charge in [-0.25, -0.2) is 0 Å². The van der Waals surface area contributed by atoms with Crippen LogP contribution in [-0.2, 0) is 14.3 Å². The van der Waals surface area contributed by atoms with Gasteiger partial charge in [-0.1, -0.05) is 39.0 Å². The highest BCUT2D eigenvalue weighted by molar-refractivity contribution is 5.81. The molecule has 1 aromatic rings. The Kier molecular flexibility index (Phi) is 6.80. The van der Waals surface area contributed by atoms with Crippen molar-refractivity contribution in [2.45, 2.75) is 58.3 Å². The molecule has 1 aromatic carbocycles. The number of ether oxygens (including phenoxy) is 2. The fourth-order valence-electron chi connectivity index (χ4n) is 2.77. The Bertz CT molecular complexity index is 645. The second-order valence-corrected chi connectivity index (χ2v) is 7.62. The summed E-state index contributed by atoms with van der Waals surface area (Å²) in [6, 6.07) is 6.95. The molecular weight excluding hydrogens is 352 g/mol. The number of carbonyl (C=O) groups excluding carboxylic acids is 2. The summed E-state index contributed by atoms with van der Waals surface area (Å²) in [5.74, 6) is -0.204. The van der Waals surface area contributed by atoms with Crippen molar-refractivity contribution in [2.24, 2.45) is 5.41 Å². The normalized spacial score (nSPS) is 28.3. The first-order valence-corrected chi connectivity index (χ1v) is 8.87. The minimum Gasteiger partial charge on any atom is -0.463 e. The van der Waals surface area contributed by atoms with Crippen LogP contribution >= 0.6 is 0 Å². The molecule has 0 unspecified atom stereocenters. The number of benzene rings is 1. The number of aliphatic hydroxyl groups excluding tert-OH is 2. The van der Waals surface area contributed by atoms with Crippen molar-refractivity contribution < 1.29 is 29.3 Å². The molecule has 0 bridgehead atoms. The second-order valence-electron chi connectivity index (χ2n) is 7.62. The summed E-state index contributed by atoms with van der Waals surface area (Å²) in [4.78, 5) is 24.0. The largest absolute Gasteiger partial charge is 0.463 e. The van der Waals surface area contributed by atoms with Crippen molar-refractivity contribution >= 4 is 11.8 Å². The fraction of sp³-hybridized carbons (Fsp3) is 0.579. The van der Waals surface area contributed by atoms with Gasteiger partial charge in [-0.2, -0.15) is 0 Å². The predicted octanol–water partition coefficient (Wildman–Crippen LogP) is 0.179. The predicted molar refractivity (Wildman–Crippen MR) is 97.8 cm³/mol. The van der Waals surface area contributed by atoms with Gasteiger partial charge in [0.1, 0.15) is 24.0 Å². The van der Waals surface area contributed by atoms with Gasteiger partial charge in [0.15, 0.2) is 0 Å². The van der Waals surface area contributed by atoms with Crippen LogP contribution in [-0.4, -0.2) is 59.2 Å². The molecular formula is C19H28N2O6. The zero-order chi connectivity index (χ0) is 20.2. The maximum absolute atomic E-state index is 12.4. The van der Waals surface area contributed by atoms with E-state index in [4.69, 9.17) is 9.47 Å². The van der Waals surface area contributed by atoms with Crippen molar-refractivity contribution in [3.05, 3.63) is 30.3 Å². The Balaban J connectivity index is 2.25. The van der Waals surface area contributed by atoms with Crippen LogP contribution in [0, 0.1) is 5.41 Å². The zero-order valence-corrected chi connectivity index (χ0v) is 16.0. The maximum Gasteiger partial charge on any atom is 0.225 e. The Morgan fingerprint density at radius 2 is 1.78 bits per heavy atom. The van der Waals surface area contributed by atoms with E-state index >= 15 is 0 Å². The van der Waals surface area contributed by atoms with Crippen molar-refractivity contribution in [1.82, 2.24) is 10.6 Å². The molecule has 1 aliphatic heterocycles. The van der Waals surface area contributed by atoms with Crippen molar-refractivity contribution in [3.63, 3.8) is 0 Å². The lowest BCUT2D eigenvalue weighted by Gasteiger charge is -2.44. The first-order chi connectivity index (χ1) is 12.6. The number of hydrogen-bond donors (Lipinski definition) is 4. The lowest BCUT2D eigenvalue weighted by atomic mass is 9.90. The molecule has 0 spiro atoms. The highest BCUT2D eigenvalue weighted by atomic mass is 16.7. The van der Waals surface area contributed by atoms with Gasteiger partial charge in [-0.3, -0.25) is 9.59 Å². The van der Waals surface area contributed by atoms with E-state index in [1.807, 2.05) is 6.07 Å². The van der Waals surface area contributed by atoms with E-state index in [-0.39, 0.29) is 11.8 Å². The molecule has 5 atom stereocenters. The molecule has 1 aliphatic rings. The van der Waals surface area contributed by atoms with Gasteiger partial charge in [0.05, 0.1) is 12.6 Å². The van der Waals surface area contributed by atoms with Crippen molar-refractivity contribution in [2.75, 3.05) is 6.61 Å². The number of amides is 2. The number of rotatable bonds is 5. The average molecular weight is 380 g/mol. The van der Waals surface area contributed by atoms with Crippen LogP contribution in [0.1, 0.15) is 27.7 Å². The summed E-state index contributed by atoms with van der Waals surface area (Å²) < 4.78 is 11.6. The van der Waals surface area contributed by atoms with Crippen LogP contribution in [0.4, 0.5) is 0 Å². The van der Waals surface area contributed by atoms with Crippen LogP contribution < -0.4 is 15.4 Å². The second kappa shape index (κ2) is 8.69. The number of aliphatic hydroxyl groups is 2. The van der Waals surface area contributed by atoms with Crippen molar-refractivity contribution in [1.29, 1.82) is 0 Å². The van der Waals surface area contributed by atoms with Gasteiger partial charge < -0.3 is 30.3 Å². The maximum atomic E-state index is 12.4. The van der Waals surface area contributed by atoms with Crippen molar-refractivity contribution in [3.8, 4) is 5.75 Å². The summed E-state index contributed by atoms with van der Waals surface area (Å²) in [5, 5.41) is 25.9. The molecule has 4 N–H and O–H groups in total. The molecule has 27 heavy (non-hydrogen) atoms. The van der Waals surface area contributed by atoms with E-state index in [9.17, 15) is 19.8 Å². The van der Waals surface area contributed by atoms with E-state index in [2.05, 4.69) is 10.6 Å². The van der Waals surface area contributed by atoms with Gasteiger partial charge in [0, 0.05) is 12.3 Å². The molecule has 2 amide bonds. The van der Waals surface area contributed by atoms with Crippen LogP contribution in [0.5, 0.6) is 5.75 Å². The first kappa shape index (κ1) is 21.1. The molecule has 8 heteroatoms. The molecule has 0 aromatic heterocycles. The Morgan fingerprint density at radius 1 is 1.15 bits per heavy atom. The van der Waals surface area contributed by atoms with Crippen LogP contribution in [0.2, 0.25) is 0 Å². The SMILES string of the molecule is CC(=O)N[C@H]1[C@H](Oc2ccccc2)O[C@H](CO)[C@H](NC(=O)C(C)(C)C)[C@@H]1O. The third kappa shape index (κ3) is 5.41. The average Bonchev–Trinajstić information content (AvgIpc) is 2.60. The third-order valence-electron chi connectivity index (χ3n) is 4.26. The summed E-state index contributed by atoms with van der Waals surface area (Å²) in [7, 11) is 0. The molecule has 2 rings (SSSR count). The summed E-state index contributed by atoms with van der Waals surface area (Å²) in [6.07, 6.45) is -3.16. The highest BCUT2D eigenvalue weighted by Gasteiger charge is 2.48. The third-order valence-corrected chi connectivity index (χ3v) is 4.26. The fourth-order valence-corrected chi connectivity index (χ4v) is 2.77. The van der Waals surface area contributed by atoms with E-state index in [0.717, 1.165) is 0 Å². The molecule has 150 valence electrons. The summed E-state index contributed by atoms with van der Waals surface area (Å²) >= 11 is 0. The topological polar surface area (TPSA) is 117 Å². The number of para-hydroxylation sites is 1. The van der Waals surface area contributed by atoms with E-state index in [0.29, 0.717) is 5.75 Å². The van der Waals surface area contributed by atoms with Crippen LogP contribution in [0.3, 0.4) is 0 Å². The van der Waals surface area contributed by atoms with Gasteiger partial charge in [0.25, 0.3) is 0 Å². The molecule has 1 fully saturated rings. The molecule has 8 nitrogen and oxygen atoms in total. The Hall–Kier alpha value is -2.16. The van der Waals surface area contributed by atoms with E-state index < -0.39 is 42.6 Å². The van der Waals surface area contributed by atoms with Crippen LogP contribution in [0.15, 0.2) is 30.3 Å². The number of hydrogen-bond acceptors (Lipinski definition) is 6. The van der Waals surface area contributed by atoms with Gasteiger partial charge in [0.2, 0.25) is 18.1 Å². The summed E-state index contributed by atoms with van der Waals surface area (Å²) in [5.41, 5.74) is -0.694. The standard InChI is InChI=1S/C19H28N2O6/c1-11(23)20-15-16(24)14(21-18(25)19(2,3)4)13(10-22)27-17(15)26-12-8-6-5-7-9-12/h5-9,13-17,22,24H,10H2,1-4H3,(H,20,23)(H,21,25)/t13-,14+,15-,16+,17-/m1/s1. The zero-order valence-electron chi connectivity index (χ0n) is 16.0. The van der Waals surface area contributed by atoms with Gasteiger partial charge in [-0.15, -0.1) is 0 Å². The minimum absolute atomic E-state index is 0.308. The lowest BCUT2D eigenvalue weighted by molar-refractivity contribution is -0.215. The molecule has 0 saturated carbocycles. The Morgan fingerprint density at radius 3 is 2.30 bits per heavy atom. The molecule has 1 saturated heterocycles. The lowest BCUT2D eigenvalue weighted by Crippen LogP contribution is -2.69. The number of carbonyl (C=O) groups is 2. The van der Waals surface area contributed by atoms with Gasteiger partial charge in [-0.05, 0) is 12.1 Å².